The Bertz CT molecular complexity index is 1580. The minimum absolute atomic E-state index is 0.0596. The molecule has 44 heavy (non-hydrogen) atoms. The van der Waals surface area contributed by atoms with Crippen molar-refractivity contribution >= 4 is 44.0 Å². The van der Waals surface area contributed by atoms with Crippen molar-refractivity contribution in [1.82, 2.24) is 9.47 Å². The number of unbranched alkanes of at least 4 members (excludes halogenated alkanes) is 4. The van der Waals surface area contributed by atoms with Crippen molar-refractivity contribution < 1.29 is 13.9 Å². The van der Waals surface area contributed by atoms with Crippen LogP contribution in [-0.4, -0.2) is 48.2 Å². The number of piperazine rings is 1. The molecule has 4 aromatic rings. The highest BCUT2D eigenvalue weighted by atomic mass is 32.1. The first-order chi connectivity index (χ1) is 21.5. The smallest absolute Gasteiger partial charge is 0.310 e. The molecular formula is C36H46FN3O3S. The van der Waals surface area contributed by atoms with E-state index in [9.17, 15) is 14.0 Å². The summed E-state index contributed by atoms with van der Waals surface area (Å²) in [4.78, 5) is 30.8. The van der Waals surface area contributed by atoms with Crippen LogP contribution in [0.2, 0.25) is 0 Å². The zero-order chi connectivity index (χ0) is 30.9. The van der Waals surface area contributed by atoms with E-state index in [1.54, 1.807) is 34.1 Å². The molecule has 0 N–H and O–H groups in total. The Balaban J connectivity index is 1.20. The normalized spacial score (nSPS) is 14.2. The van der Waals surface area contributed by atoms with Crippen molar-refractivity contribution in [3.63, 3.8) is 0 Å². The second kappa shape index (κ2) is 15.7. The molecule has 2 aromatic carbocycles. The topological polar surface area (TPSA) is 54.8 Å². The molecule has 8 heteroatoms. The van der Waals surface area contributed by atoms with E-state index >= 15 is 0 Å². The SMILES string of the molecule is CCCCCC(CCCCC)C(=O)OCn1c(=O)ccc2ccc(CCN3CCN(c4cc(F)cc5sccc45)CC3)cc21. The number of fused-ring (bicyclic) bond motifs is 2. The summed E-state index contributed by atoms with van der Waals surface area (Å²) in [5.41, 5.74) is 2.77. The van der Waals surface area contributed by atoms with Gasteiger partial charge < -0.3 is 9.64 Å². The van der Waals surface area contributed by atoms with E-state index in [2.05, 4.69) is 47.9 Å². The van der Waals surface area contributed by atoms with E-state index in [4.69, 9.17) is 4.74 Å². The van der Waals surface area contributed by atoms with Gasteiger partial charge in [0.05, 0.1) is 11.4 Å². The third-order valence-electron chi connectivity index (χ3n) is 8.98. The van der Waals surface area contributed by atoms with Gasteiger partial charge in [0.2, 0.25) is 0 Å². The molecule has 0 spiro atoms. The zero-order valence-electron chi connectivity index (χ0n) is 26.2. The second-order valence-electron chi connectivity index (χ2n) is 12.1. The van der Waals surface area contributed by atoms with Gasteiger partial charge in [0.15, 0.2) is 6.73 Å². The van der Waals surface area contributed by atoms with Gasteiger partial charge in [-0.1, -0.05) is 64.5 Å². The first kappa shape index (κ1) is 32.2. The van der Waals surface area contributed by atoms with Crippen LogP contribution in [0.3, 0.4) is 0 Å². The van der Waals surface area contributed by atoms with Gasteiger partial charge in [0.1, 0.15) is 5.82 Å². The monoisotopic (exact) mass is 619 g/mol. The summed E-state index contributed by atoms with van der Waals surface area (Å²) in [7, 11) is 0. The summed E-state index contributed by atoms with van der Waals surface area (Å²) >= 11 is 1.58. The van der Waals surface area contributed by atoms with E-state index in [1.165, 1.54) is 0 Å². The van der Waals surface area contributed by atoms with Crippen LogP contribution >= 0.6 is 11.3 Å². The number of ether oxygens (including phenoxy) is 1. The Morgan fingerprint density at radius 1 is 0.932 bits per heavy atom. The van der Waals surface area contributed by atoms with Gasteiger partial charge in [0.25, 0.3) is 5.56 Å². The molecule has 0 atom stereocenters. The number of hydrogen-bond acceptors (Lipinski definition) is 6. The molecule has 2 aromatic heterocycles. The predicted molar refractivity (Wildman–Crippen MR) is 180 cm³/mol. The summed E-state index contributed by atoms with van der Waals surface area (Å²) in [5.74, 6) is -0.470. The number of thiophene rings is 1. The molecule has 0 unspecified atom stereocenters. The number of benzene rings is 2. The summed E-state index contributed by atoms with van der Waals surface area (Å²) in [5, 5.41) is 4.10. The lowest BCUT2D eigenvalue weighted by Gasteiger charge is -2.36. The van der Waals surface area contributed by atoms with Gasteiger partial charge >= 0.3 is 5.97 Å². The minimum Gasteiger partial charge on any atom is -0.444 e. The maximum Gasteiger partial charge on any atom is 0.310 e. The maximum atomic E-state index is 14.2. The van der Waals surface area contributed by atoms with Crippen LogP contribution in [0.5, 0.6) is 0 Å². The number of esters is 1. The quantitative estimate of drug-likeness (QED) is 0.0997. The molecule has 0 aliphatic carbocycles. The number of carbonyl (C=O) groups excluding carboxylic acids is 1. The third-order valence-corrected chi connectivity index (χ3v) is 9.85. The Hall–Kier alpha value is -3.23. The van der Waals surface area contributed by atoms with Crippen LogP contribution in [0.25, 0.3) is 21.0 Å². The van der Waals surface area contributed by atoms with Gasteiger partial charge in [-0.05, 0) is 65.9 Å². The third kappa shape index (κ3) is 8.07. The van der Waals surface area contributed by atoms with Crippen molar-refractivity contribution in [3.8, 4) is 0 Å². The molecule has 6 nitrogen and oxygen atoms in total. The molecule has 3 heterocycles. The Labute approximate surface area is 264 Å². The molecule has 0 radical (unpaired) electrons. The molecule has 5 rings (SSSR count). The van der Waals surface area contributed by atoms with Gasteiger partial charge in [-0.2, -0.15) is 0 Å². The van der Waals surface area contributed by atoms with Gasteiger partial charge in [-0.3, -0.25) is 19.1 Å². The highest BCUT2D eigenvalue weighted by Crippen LogP contribution is 2.32. The van der Waals surface area contributed by atoms with Crippen LogP contribution in [0.15, 0.2) is 58.7 Å². The van der Waals surface area contributed by atoms with Crippen LogP contribution in [0.1, 0.15) is 70.8 Å². The summed E-state index contributed by atoms with van der Waals surface area (Å²) in [6.07, 6.45) is 9.07. The molecular weight excluding hydrogens is 573 g/mol. The fraction of sp³-hybridized carbons (Fsp3) is 0.500. The number of nitrogens with zero attached hydrogens (tertiary/aromatic N) is 3. The maximum absolute atomic E-state index is 14.2. The first-order valence-electron chi connectivity index (χ1n) is 16.4. The highest BCUT2D eigenvalue weighted by molar-refractivity contribution is 7.17. The number of anilines is 1. The number of aromatic nitrogens is 1. The molecule has 1 saturated heterocycles. The van der Waals surface area contributed by atoms with Crippen LogP contribution < -0.4 is 10.5 Å². The first-order valence-corrected chi connectivity index (χ1v) is 17.3. The van der Waals surface area contributed by atoms with Crippen molar-refractivity contribution in [1.29, 1.82) is 0 Å². The standard InChI is InChI=1S/C36H46FN3O3S/c1-3-5-7-9-29(10-8-6-4-2)36(42)43-26-40-32-23-27(11-12-28(32)13-14-35(40)41)15-17-38-18-20-39(21-19-38)33-24-30(37)25-34-31(33)16-22-44-34/h11-14,16,22-25,29H,3-10,15,17-21,26H2,1-2H3. The molecule has 0 amide bonds. The van der Waals surface area contributed by atoms with Crippen molar-refractivity contribution in [2.45, 2.75) is 78.4 Å². The average Bonchev–Trinajstić information content (AvgIpc) is 3.51. The lowest BCUT2D eigenvalue weighted by molar-refractivity contribution is -0.153. The molecule has 236 valence electrons. The lowest BCUT2D eigenvalue weighted by atomic mass is 9.95. The fourth-order valence-electron chi connectivity index (χ4n) is 6.31. The van der Waals surface area contributed by atoms with Gasteiger partial charge in [-0.15, -0.1) is 11.3 Å². The summed E-state index contributed by atoms with van der Waals surface area (Å²) < 4.78 is 22.6. The summed E-state index contributed by atoms with van der Waals surface area (Å²) in [6, 6.07) is 15.0. The Kier molecular flexibility index (Phi) is 11.5. The van der Waals surface area contributed by atoms with E-state index in [1.807, 2.05) is 11.4 Å². The largest absolute Gasteiger partial charge is 0.444 e. The molecule has 1 aliphatic heterocycles. The van der Waals surface area contributed by atoms with E-state index < -0.39 is 0 Å². The van der Waals surface area contributed by atoms with Crippen LogP contribution in [0.4, 0.5) is 10.1 Å². The zero-order valence-corrected chi connectivity index (χ0v) is 27.0. The average molecular weight is 620 g/mol. The predicted octanol–water partition coefficient (Wildman–Crippen LogP) is 8.00. The lowest BCUT2D eigenvalue weighted by Crippen LogP contribution is -2.47. The van der Waals surface area contributed by atoms with Crippen molar-refractivity contribution in [2.24, 2.45) is 5.92 Å². The molecule has 0 saturated carbocycles. The fourth-order valence-corrected chi connectivity index (χ4v) is 7.14. The Morgan fingerprint density at radius 2 is 1.66 bits per heavy atom. The second-order valence-corrected chi connectivity index (χ2v) is 13.1. The number of rotatable bonds is 15. The number of pyridine rings is 1. The van der Waals surface area contributed by atoms with Gasteiger partial charge in [-0.25, -0.2) is 4.39 Å². The van der Waals surface area contributed by atoms with E-state index in [-0.39, 0.29) is 30.0 Å². The molecule has 1 fully saturated rings. The minimum atomic E-state index is -0.186. The molecule has 1 aliphatic rings. The van der Waals surface area contributed by atoms with Crippen LogP contribution in [0, 0.1) is 11.7 Å². The number of hydrogen-bond donors (Lipinski definition) is 0. The highest BCUT2D eigenvalue weighted by Gasteiger charge is 2.21. The van der Waals surface area contributed by atoms with Gasteiger partial charge in [0, 0.05) is 54.6 Å². The Morgan fingerprint density at radius 3 is 2.39 bits per heavy atom. The molecule has 0 bridgehead atoms. The van der Waals surface area contributed by atoms with Crippen molar-refractivity contribution in [3.05, 3.63) is 75.6 Å². The van der Waals surface area contributed by atoms with Crippen molar-refractivity contribution in [2.75, 3.05) is 37.6 Å². The summed E-state index contributed by atoms with van der Waals surface area (Å²) in [6.45, 7) is 8.72. The van der Waals surface area contributed by atoms with Crippen LogP contribution in [-0.2, 0) is 22.7 Å². The van der Waals surface area contributed by atoms with E-state index in [0.29, 0.717) is 0 Å². The van der Waals surface area contributed by atoms with E-state index in [0.717, 1.165) is 123 Å². The number of halogens is 1. The number of carbonyl (C=O) groups is 1.